The molecule has 1 unspecified atom stereocenters. The molecule has 1 aliphatic rings. The van der Waals surface area contributed by atoms with Gasteiger partial charge in [0.15, 0.2) is 0 Å². The van der Waals surface area contributed by atoms with Crippen LogP contribution in [-0.2, 0) is 11.3 Å². The van der Waals surface area contributed by atoms with E-state index in [4.69, 9.17) is 11.6 Å². The number of hydrogen-bond donors (Lipinski definition) is 2. The standard InChI is InChI=1S/C14H17ClF2N2O2.ClH/c15-10-3-4-12(21-14(16)17)9(6-10)8-19-13(20)7-11-2-1-5-18-11;/h3-4,6,11,14,18H,1-2,5,7-8H2,(H,19,20);1H. The monoisotopic (exact) mass is 354 g/mol. The number of ether oxygens (including phenoxy) is 1. The average molecular weight is 355 g/mol. The van der Waals surface area contributed by atoms with Crippen LogP contribution in [0.15, 0.2) is 18.2 Å². The summed E-state index contributed by atoms with van der Waals surface area (Å²) in [5, 5.41) is 6.33. The van der Waals surface area contributed by atoms with Crippen molar-refractivity contribution in [2.75, 3.05) is 6.54 Å². The molecule has 1 heterocycles. The van der Waals surface area contributed by atoms with Crippen molar-refractivity contribution in [1.82, 2.24) is 10.6 Å². The molecule has 0 radical (unpaired) electrons. The van der Waals surface area contributed by atoms with Gasteiger partial charge in [-0.25, -0.2) is 0 Å². The van der Waals surface area contributed by atoms with Crippen molar-refractivity contribution in [1.29, 1.82) is 0 Å². The van der Waals surface area contributed by atoms with Crippen LogP contribution < -0.4 is 15.4 Å². The Morgan fingerprint density at radius 2 is 2.27 bits per heavy atom. The number of carbonyl (C=O) groups excluding carboxylic acids is 1. The summed E-state index contributed by atoms with van der Waals surface area (Å²) >= 11 is 5.84. The highest BCUT2D eigenvalue weighted by Crippen LogP contribution is 2.24. The number of hydrogen-bond acceptors (Lipinski definition) is 3. The first kappa shape index (κ1) is 18.9. The zero-order chi connectivity index (χ0) is 15.2. The number of nitrogens with one attached hydrogen (secondary N) is 2. The van der Waals surface area contributed by atoms with Gasteiger partial charge < -0.3 is 15.4 Å². The molecule has 0 bridgehead atoms. The zero-order valence-corrected chi connectivity index (χ0v) is 13.4. The van der Waals surface area contributed by atoms with E-state index in [2.05, 4.69) is 15.4 Å². The van der Waals surface area contributed by atoms with E-state index in [-0.39, 0.29) is 36.7 Å². The van der Waals surface area contributed by atoms with E-state index >= 15 is 0 Å². The van der Waals surface area contributed by atoms with Gasteiger partial charge in [-0.15, -0.1) is 12.4 Å². The number of benzene rings is 1. The van der Waals surface area contributed by atoms with E-state index in [0.29, 0.717) is 17.0 Å². The number of carbonyl (C=O) groups is 1. The maximum atomic E-state index is 12.3. The molecule has 0 aromatic heterocycles. The highest BCUT2D eigenvalue weighted by atomic mass is 35.5. The first-order valence-electron chi connectivity index (χ1n) is 6.78. The van der Waals surface area contributed by atoms with E-state index < -0.39 is 6.61 Å². The summed E-state index contributed by atoms with van der Waals surface area (Å²) < 4.78 is 29.0. The maximum Gasteiger partial charge on any atom is 0.387 e. The van der Waals surface area contributed by atoms with E-state index in [9.17, 15) is 13.6 Å². The Labute approximate surface area is 139 Å². The van der Waals surface area contributed by atoms with Crippen molar-refractivity contribution in [3.8, 4) is 5.75 Å². The number of alkyl halides is 2. The Bertz CT molecular complexity index is 498. The molecule has 0 saturated carbocycles. The fraction of sp³-hybridized carbons (Fsp3) is 0.500. The van der Waals surface area contributed by atoms with E-state index in [0.717, 1.165) is 19.4 Å². The molecule has 8 heteroatoms. The number of rotatable bonds is 6. The Hall–Kier alpha value is -1.11. The third-order valence-electron chi connectivity index (χ3n) is 3.31. The first-order valence-corrected chi connectivity index (χ1v) is 7.15. The molecular formula is C14H18Cl2F2N2O2. The average Bonchev–Trinajstić information content (AvgIpc) is 2.91. The van der Waals surface area contributed by atoms with Crippen LogP contribution in [-0.4, -0.2) is 25.1 Å². The van der Waals surface area contributed by atoms with Crippen LogP contribution in [0.2, 0.25) is 5.02 Å². The molecule has 22 heavy (non-hydrogen) atoms. The van der Waals surface area contributed by atoms with Crippen molar-refractivity contribution < 1.29 is 18.3 Å². The van der Waals surface area contributed by atoms with Crippen LogP contribution in [0.1, 0.15) is 24.8 Å². The Kier molecular flexibility index (Phi) is 7.85. The van der Waals surface area contributed by atoms with Crippen LogP contribution in [0.3, 0.4) is 0 Å². The normalized spacial score (nSPS) is 17.2. The fourth-order valence-corrected chi connectivity index (χ4v) is 2.51. The van der Waals surface area contributed by atoms with Gasteiger partial charge in [-0.3, -0.25) is 4.79 Å². The minimum Gasteiger partial charge on any atom is -0.434 e. The summed E-state index contributed by atoms with van der Waals surface area (Å²) in [6.07, 6.45) is 2.43. The van der Waals surface area contributed by atoms with Gasteiger partial charge >= 0.3 is 6.61 Å². The number of amides is 1. The Morgan fingerprint density at radius 1 is 1.50 bits per heavy atom. The molecule has 1 aromatic rings. The van der Waals surface area contributed by atoms with Gasteiger partial charge in [0.2, 0.25) is 5.91 Å². The Morgan fingerprint density at radius 3 is 2.91 bits per heavy atom. The summed E-state index contributed by atoms with van der Waals surface area (Å²) in [5.74, 6) is -0.105. The predicted octanol–water partition coefficient (Wildman–Crippen LogP) is 3.12. The molecule has 2 rings (SSSR count). The van der Waals surface area contributed by atoms with Crippen molar-refractivity contribution >= 4 is 29.9 Å². The molecular weight excluding hydrogens is 337 g/mol. The lowest BCUT2D eigenvalue weighted by Crippen LogP contribution is -2.31. The molecule has 1 fully saturated rings. The second-order valence-electron chi connectivity index (χ2n) is 4.90. The lowest BCUT2D eigenvalue weighted by atomic mass is 10.1. The molecule has 1 aliphatic heterocycles. The minimum atomic E-state index is -2.91. The predicted molar refractivity (Wildman–Crippen MR) is 82.8 cm³/mol. The lowest BCUT2D eigenvalue weighted by molar-refractivity contribution is -0.121. The molecule has 1 amide bonds. The second-order valence-corrected chi connectivity index (χ2v) is 5.34. The van der Waals surface area contributed by atoms with Crippen molar-refractivity contribution in [3.05, 3.63) is 28.8 Å². The lowest BCUT2D eigenvalue weighted by Gasteiger charge is -2.13. The van der Waals surface area contributed by atoms with Crippen LogP contribution in [0, 0.1) is 0 Å². The van der Waals surface area contributed by atoms with Gasteiger partial charge in [0.1, 0.15) is 5.75 Å². The van der Waals surface area contributed by atoms with Crippen LogP contribution in [0.25, 0.3) is 0 Å². The van der Waals surface area contributed by atoms with Gasteiger partial charge in [-0.05, 0) is 37.6 Å². The highest BCUT2D eigenvalue weighted by Gasteiger charge is 2.18. The van der Waals surface area contributed by atoms with Gasteiger partial charge in [0.25, 0.3) is 0 Å². The van der Waals surface area contributed by atoms with Gasteiger partial charge in [0.05, 0.1) is 0 Å². The largest absolute Gasteiger partial charge is 0.434 e. The zero-order valence-electron chi connectivity index (χ0n) is 11.8. The van der Waals surface area contributed by atoms with Crippen LogP contribution >= 0.6 is 24.0 Å². The molecule has 124 valence electrons. The smallest absolute Gasteiger partial charge is 0.387 e. The quantitative estimate of drug-likeness (QED) is 0.825. The second kappa shape index (κ2) is 9.12. The van der Waals surface area contributed by atoms with Crippen molar-refractivity contribution in [3.63, 3.8) is 0 Å². The summed E-state index contributed by atoms with van der Waals surface area (Å²) in [7, 11) is 0. The summed E-state index contributed by atoms with van der Waals surface area (Å²) in [4.78, 5) is 11.8. The Balaban J connectivity index is 0.00000242. The van der Waals surface area contributed by atoms with Crippen LogP contribution in [0.5, 0.6) is 5.75 Å². The van der Waals surface area contributed by atoms with Gasteiger partial charge in [-0.2, -0.15) is 8.78 Å². The molecule has 1 aromatic carbocycles. The first-order chi connectivity index (χ1) is 10.0. The van der Waals surface area contributed by atoms with E-state index in [1.54, 1.807) is 0 Å². The van der Waals surface area contributed by atoms with Crippen LogP contribution in [0.4, 0.5) is 8.78 Å². The summed E-state index contributed by atoms with van der Waals surface area (Å²) in [6, 6.07) is 4.54. The van der Waals surface area contributed by atoms with Crippen molar-refractivity contribution in [2.45, 2.75) is 38.5 Å². The fourth-order valence-electron chi connectivity index (χ4n) is 2.32. The molecule has 0 spiro atoms. The molecule has 4 nitrogen and oxygen atoms in total. The third kappa shape index (κ3) is 5.94. The number of halogens is 4. The molecule has 2 N–H and O–H groups in total. The molecule has 1 atom stereocenters. The topological polar surface area (TPSA) is 50.4 Å². The summed E-state index contributed by atoms with van der Waals surface area (Å²) in [5.41, 5.74) is 0.426. The van der Waals surface area contributed by atoms with Crippen molar-refractivity contribution in [2.24, 2.45) is 0 Å². The highest BCUT2D eigenvalue weighted by molar-refractivity contribution is 6.30. The third-order valence-corrected chi connectivity index (χ3v) is 3.54. The van der Waals surface area contributed by atoms with E-state index in [1.165, 1.54) is 18.2 Å². The summed E-state index contributed by atoms with van der Waals surface area (Å²) in [6.45, 7) is -1.88. The van der Waals surface area contributed by atoms with Gasteiger partial charge in [-0.1, -0.05) is 11.6 Å². The molecule has 1 saturated heterocycles. The van der Waals surface area contributed by atoms with E-state index in [1.807, 2.05) is 0 Å². The molecule has 0 aliphatic carbocycles. The SMILES string of the molecule is Cl.O=C(CC1CCCN1)NCc1cc(Cl)ccc1OC(F)F. The minimum absolute atomic E-state index is 0. The maximum absolute atomic E-state index is 12.3. The van der Waals surface area contributed by atoms with Gasteiger partial charge in [0, 0.05) is 29.6 Å².